The van der Waals surface area contributed by atoms with Gasteiger partial charge >= 0.3 is 0 Å². The quantitative estimate of drug-likeness (QED) is 0.287. The summed E-state index contributed by atoms with van der Waals surface area (Å²) < 4.78 is 5.07. The molecule has 0 aromatic rings. The maximum absolute atomic E-state index is 12.0. The second-order valence-electron chi connectivity index (χ2n) is 5.06. The molecule has 0 aliphatic carbocycles. The van der Waals surface area contributed by atoms with Gasteiger partial charge in [0.2, 0.25) is 17.7 Å². The van der Waals surface area contributed by atoms with Gasteiger partial charge in [0, 0.05) is 13.6 Å². The molecule has 0 saturated carbocycles. The number of likely N-dealkylation sites (N-methyl/N-ethyl adjacent to an activating group) is 1. The van der Waals surface area contributed by atoms with Crippen molar-refractivity contribution in [1.29, 1.82) is 0 Å². The second-order valence-corrected chi connectivity index (χ2v) is 5.06. The van der Waals surface area contributed by atoms with Crippen molar-refractivity contribution in [2.45, 2.75) is 37.8 Å². The number of hydrogen-bond acceptors (Lipinski definition) is 6. The van der Waals surface area contributed by atoms with E-state index in [1.54, 1.807) is 0 Å². The van der Waals surface area contributed by atoms with Gasteiger partial charge < -0.3 is 20.7 Å². The molecule has 0 aromatic heterocycles. The number of carbonyl (C=O) groups excluding carboxylic acids is 4. The van der Waals surface area contributed by atoms with Crippen molar-refractivity contribution in [2.75, 3.05) is 20.2 Å². The zero-order chi connectivity index (χ0) is 17.2. The molecule has 1 aliphatic rings. The Morgan fingerprint density at radius 1 is 1.22 bits per heavy atom. The maximum atomic E-state index is 12.0. The Bertz CT molecular complexity index is 456. The van der Waals surface area contributed by atoms with Gasteiger partial charge in [0.25, 0.3) is 5.91 Å². The van der Waals surface area contributed by atoms with Crippen LogP contribution in [0.15, 0.2) is 0 Å². The molecule has 2 unspecified atom stereocenters. The van der Waals surface area contributed by atoms with Gasteiger partial charge in [-0.05, 0) is 19.3 Å². The minimum atomic E-state index is -1.34. The van der Waals surface area contributed by atoms with Crippen molar-refractivity contribution in [3.8, 4) is 0 Å². The molecular weight excluding hydrogens is 308 g/mol. The Hall–Kier alpha value is -2.20. The highest BCUT2D eigenvalue weighted by molar-refractivity contribution is 5.90. The van der Waals surface area contributed by atoms with Crippen LogP contribution in [0.5, 0.6) is 0 Å². The van der Waals surface area contributed by atoms with E-state index in [1.807, 2.05) is 0 Å². The first-order valence-corrected chi connectivity index (χ1v) is 7.31. The van der Waals surface area contributed by atoms with E-state index >= 15 is 0 Å². The number of rotatable bonds is 2. The van der Waals surface area contributed by atoms with E-state index in [4.69, 9.17) is 9.94 Å². The lowest BCUT2D eigenvalue weighted by molar-refractivity contribution is -0.148. The van der Waals surface area contributed by atoms with Gasteiger partial charge in [-0.15, -0.1) is 0 Å². The molecule has 0 bridgehead atoms. The monoisotopic (exact) mass is 330 g/mol. The fraction of sp³-hybridized carbons (Fsp3) is 0.692. The van der Waals surface area contributed by atoms with Gasteiger partial charge in [-0.2, -0.15) is 0 Å². The van der Waals surface area contributed by atoms with Crippen LogP contribution in [-0.2, 0) is 23.9 Å². The fourth-order valence-corrected chi connectivity index (χ4v) is 2.09. The van der Waals surface area contributed by atoms with E-state index in [2.05, 4.69) is 16.0 Å². The van der Waals surface area contributed by atoms with Gasteiger partial charge in [0.05, 0.1) is 6.42 Å². The summed E-state index contributed by atoms with van der Waals surface area (Å²) in [5.41, 5.74) is 1.38. The van der Waals surface area contributed by atoms with Crippen molar-refractivity contribution in [3.05, 3.63) is 0 Å². The largest absolute Gasteiger partial charge is 0.358 e. The summed E-state index contributed by atoms with van der Waals surface area (Å²) in [5, 5.41) is 16.3. The molecule has 0 spiro atoms. The Balaban J connectivity index is 2.82. The summed E-state index contributed by atoms with van der Waals surface area (Å²) >= 11 is 0. The summed E-state index contributed by atoms with van der Waals surface area (Å²) in [4.78, 5) is 46.8. The standard InChI is InChI=1S/C13H22N4O6/c1-14-12(20)8-4-2-3-5-15-11(19)7-23-9(13(21)17-22)6-10(18)16-8/h8-9,22H,2-7H2,1H3,(H,14,20)(H,15,19)(H,16,18)(H,17,21). The van der Waals surface area contributed by atoms with E-state index in [-0.39, 0.29) is 5.91 Å². The topological polar surface area (TPSA) is 146 Å². The molecular formula is C13H22N4O6. The van der Waals surface area contributed by atoms with Gasteiger partial charge in [-0.3, -0.25) is 24.4 Å². The Morgan fingerprint density at radius 2 is 1.96 bits per heavy atom. The SMILES string of the molecule is CNC(=O)C1CCCCNC(=O)COC(C(=O)NO)CC(=O)N1. The first kappa shape index (κ1) is 18.8. The summed E-state index contributed by atoms with van der Waals surface area (Å²) in [6.07, 6.45) is -0.0983. The zero-order valence-corrected chi connectivity index (χ0v) is 12.9. The highest BCUT2D eigenvalue weighted by atomic mass is 16.5. The van der Waals surface area contributed by atoms with Gasteiger partial charge in [0.1, 0.15) is 18.8 Å². The predicted octanol–water partition coefficient (Wildman–Crippen LogP) is -2.20. The number of ether oxygens (including phenoxy) is 1. The van der Waals surface area contributed by atoms with E-state index in [0.29, 0.717) is 25.8 Å². The second kappa shape index (κ2) is 9.74. The summed E-state index contributed by atoms with van der Waals surface area (Å²) in [7, 11) is 1.46. The number of amides is 4. The number of carbonyl (C=O) groups is 4. The van der Waals surface area contributed by atoms with Crippen LogP contribution < -0.4 is 21.4 Å². The Labute approximate surface area is 133 Å². The van der Waals surface area contributed by atoms with Crippen molar-refractivity contribution >= 4 is 23.6 Å². The summed E-state index contributed by atoms with van der Waals surface area (Å²) in [6, 6.07) is -0.734. The summed E-state index contributed by atoms with van der Waals surface area (Å²) in [5.74, 6) is -2.31. The fourth-order valence-electron chi connectivity index (χ4n) is 2.09. The Morgan fingerprint density at radius 3 is 2.61 bits per heavy atom. The van der Waals surface area contributed by atoms with Crippen LogP contribution in [0.4, 0.5) is 0 Å². The molecule has 1 rings (SSSR count). The lowest BCUT2D eigenvalue weighted by Crippen LogP contribution is -2.47. The summed E-state index contributed by atoms with van der Waals surface area (Å²) in [6.45, 7) is -0.0162. The van der Waals surface area contributed by atoms with Gasteiger partial charge in [0.15, 0.2) is 0 Å². The predicted molar refractivity (Wildman–Crippen MR) is 77.1 cm³/mol. The molecule has 1 saturated heterocycles. The number of hydrogen-bond donors (Lipinski definition) is 5. The normalized spacial score (nSPS) is 24.1. The lowest BCUT2D eigenvalue weighted by Gasteiger charge is -2.19. The third kappa shape index (κ3) is 6.61. The molecule has 1 heterocycles. The molecule has 23 heavy (non-hydrogen) atoms. The molecule has 10 nitrogen and oxygen atoms in total. The van der Waals surface area contributed by atoms with Crippen LogP contribution in [0.2, 0.25) is 0 Å². The van der Waals surface area contributed by atoms with Gasteiger partial charge in [-0.1, -0.05) is 0 Å². The first-order chi connectivity index (χ1) is 11.0. The van der Waals surface area contributed by atoms with Crippen LogP contribution in [0.25, 0.3) is 0 Å². The van der Waals surface area contributed by atoms with Crippen molar-refractivity contribution in [2.24, 2.45) is 0 Å². The molecule has 0 aromatic carbocycles. The van der Waals surface area contributed by atoms with Crippen LogP contribution in [-0.4, -0.2) is 61.2 Å². The molecule has 1 fully saturated rings. The molecule has 10 heteroatoms. The smallest absolute Gasteiger partial charge is 0.272 e. The highest BCUT2D eigenvalue weighted by Crippen LogP contribution is 2.05. The van der Waals surface area contributed by atoms with Crippen LogP contribution in [0.1, 0.15) is 25.7 Å². The first-order valence-electron chi connectivity index (χ1n) is 7.31. The van der Waals surface area contributed by atoms with Crippen LogP contribution in [0, 0.1) is 0 Å². The van der Waals surface area contributed by atoms with Crippen molar-refractivity contribution in [3.63, 3.8) is 0 Å². The molecule has 2 atom stereocenters. The molecule has 4 amide bonds. The third-order valence-corrected chi connectivity index (χ3v) is 3.33. The van der Waals surface area contributed by atoms with E-state index in [9.17, 15) is 19.2 Å². The average molecular weight is 330 g/mol. The van der Waals surface area contributed by atoms with Crippen molar-refractivity contribution < 1.29 is 29.1 Å². The van der Waals surface area contributed by atoms with Crippen LogP contribution >= 0.6 is 0 Å². The molecule has 0 radical (unpaired) electrons. The van der Waals surface area contributed by atoms with Crippen molar-refractivity contribution in [1.82, 2.24) is 21.4 Å². The van der Waals surface area contributed by atoms with E-state index in [1.165, 1.54) is 12.5 Å². The molecule has 130 valence electrons. The minimum Gasteiger partial charge on any atom is -0.358 e. The van der Waals surface area contributed by atoms with E-state index < -0.39 is 42.9 Å². The highest BCUT2D eigenvalue weighted by Gasteiger charge is 2.26. The lowest BCUT2D eigenvalue weighted by atomic mass is 10.1. The third-order valence-electron chi connectivity index (χ3n) is 3.33. The number of nitrogens with one attached hydrogen (secondary N) is 4. The minimum absolute atomic E-state index is 0.346. The van der Waals surface area contributed by atoms with Gasteiger partial charge in [-0.25, -0.2) is 5.48 Å². The molecule has 1 aliphatic heterocycles. The number of hydroxylamine groups is 1. The Kier molecular flexibility index (Phi) is 7.98. The van der Waals surface area contributed by atoms with E-state index in [0.717, 1.165) is 0 Å². The van der Waals surface area contributed by atoms with Crippen LogP contribution in [0.3, 0.4) is 0 Å². The maximum Gasteiger partial charge on any atom is 0.272 e. The zero-order valence-electron chi connectivity index (χ0n) is 12.9. The molecule has 5 N–H and O–H groups in total. The average Bonchev–Trinajstić information content (AvgIpc) is 2.56.